The molecule has 18 rings (SSSR count). The summed E-state index contributed by atoms with van der Waals surface area (Å²) in [5.74, 6) is 3.23. The molecule has 0 aliphatic heterocycles. The minimum absolute atomic E-state index is 0.637. The largest absolute Gasteiger partial charge is 0.490 e. The highest BCUT2D eigenvalue weighted by Crippen LogP contribution is 2.49. The van der Waals surface area contributed by atoms with Gasteiger partial charge in [-0.1, -0.05) is 262 Å². The molecule has 90 heavy (non-hydrogen) atoms. The van der Waals surface area contributed by atoms with Crippen LogP contribution in [0.25, 0.3) is 119 Å². The molecule has 0 heterocycles. The van der Waals surface area contributed by atoms with Gasteiger partial charge >= 0.3 is 0 Å². The van der Waals surface area contributed by atoms with E-state index < -0.39 is 0 Å². The number of fused-ring (bicyclic) bond motifs is 4. The van der Waals surface area contributed by atoms with Gasteiger partial charge in [-0.15, -0.1) is 0 Å². The lowest BCUT2D eigenvalue weighted by Crippen LogP contribution is -2.03. The Morgan fingerprint density at radius 1 is 0.233 bits per heavy atom. The van der Waals surface area contributed by atoms with Gasteiger partial charge < -0.3 is 18.9 Å². The summed E-state index contributed by atoms with van der Waals surface area (Å²) in [7, 11) is 0. The van der Waals surface area contributed by atoms with E-state index in [1.54, 1.807) is 0 Å². The van der Waals surface area contributed by atoms with Crippen molar-refractivity contribution < 1.29 is 18.9 Å². The van der Waals surface area contributed by atoms with Crippen LogP contribution in [0, 0.1) is 13.8 Å². The maximum atomic E-state index is 6.86. The van der Waals surface area contributed by atoms with Crippen LogP contribution in [-0.4, -0.2) is 26.4 Å². The highest BCUT2D eigenvalue weighted by molar-refractivity contribution is 6.34. The molecule has 18 aromatic rings. The third kappa shape index (κ3) is 13.3. The molecule has 4 nitrogen and oxygen atoms in total. The average Bonchev–Trinajstić information content (AvgIpc) is 0.733. The molecular formula is C86H90O4. The van der Waals surface area contributed by atoms with Gasteiger partial charge in [-0.2, -0.15) is 0 Å². The standard InChI is InChI=1S/C86H90O4/c1-7-11-15-23-51-87-79-49-47-69(55-81(79)89-53-25-17-13-9-3)85-73-29-21-19-27-71(73)75-57-76-72-28-20-22-30-74(72)86(70-48-50-80(88-52-24-16-12-8-2)82(56-70)90-54-26-18-14-10-4)84-68-45-41-66(42-46-68)64-37-33-62(34-38-64)60(6)59(5)61-31-35-63(36-32-61)65-39-43-67(44-40-65)83(85)77(75)58-78(76)84/h19-22,27-50,55-58H,7-18,23-26,51-54H2,1-6H3. The van der Waals surface area contributed by atoms with Gasteiger partial charge in [0.05, 0.1) is 26.4 Å². The van der Waals surface area contributed by atoms with Gasteiger partial charge in [-0.25, -0.2) is 0 Å². The molecule has 0 saturated heterocycles. The van der Waals surface area contributed by atoms with E-state index in [2.05, 4.69) is 236 Å². The third-order valence-corrected chi connectivity index (χ3v) is 18.9. The van der Waals surface area contributed by atoms with Crippen LogP contribution in [-0.2, 0) is 0 Å². The van der Waals surface area contributed by atoms with Gasteiger partial charge in [0.25, 0.3) is 0 Å². The lowest BCUT2D eigenvalue weighted by atomic mass is 9.84. The topological polar surface area (TPSA) is 36.9 Å². The lowest BCUT2D eigenvalue weighted by Gasteiger charge is -2.21. The van der Waals surface area contributed by atoms with Crippen molar-refractivity contribution in [2.24, 2.45) is 0 Å². The van der Waals surface area contributed by atoms with E-state index in [4.69, 9.17) is 18.9 Å². The SMILES string of the molecule is CCCCCCOc1ccc(-c2c3ccccc3c3cc4c5ccccc5c(-c5ccc(OCCCCCC)c(OCCCCCC)c5)c5c6ccc(cc6)c6ccc(cc6)c(C)c(C)c6ccc(cc6)c6ccc(cc6)c2c3cc45)cc1OCCCCCC. The Labute approximate surface area is 534 Å². The first-order valence-corrected chi connectivity index (χ1v) is 34.1. The summed E-state index contributed by atoms with van der Waals surface area (Å²) in [6.45, 7) is 16.1. The summed E-state index contributed by atoms with van der Waals surface area (Å²) < 4.78 is 27.1. The zero-order valence-electron chi connectivity index (χ0n) is 54.3. The van der Waals surface area contributed by atoms with E-state index in [1.165, 1.54) is 160 Å². The molecule has 458 valence electrons. The van der Waals surface area contributed by atoms with E-state index in [-0.39, 0.29) is 0 Å². The first kappa shape index (κ1) is 61.6. The maximum Gasteiger partial charge on any atom is 0.161 e. The Bertz CT molecular complexity index is 4280. The van der Waals surface area contributed by atoms with Crippen molar-refractivity contribution in [3.63, 3.8) is 0 Å². The van der Waals surface area contributed by atoms with Gasteiger partial charge in [0.15, 0.2) is 23.0 Å². The van der Waals surface area contributed by atoms with E-state index in [0.717, 1.165) is 96.3 Å². The van der Waals surface area contributed by atoms with Crippen molar-refractivity contribution in [1.29, 1.82) is 0 Å². The minimum Gasteiger partial charge on any atom is -0.490 e. The Balaban J connectivity index is 1.20. The smallest absolute Gasteiger partial charge is 0.161 e. The second kappa shape index (κ2) is 29.4. The zero-order valence-corrected chi connectivity index (χ0v) is 54.3. The minimum atomic E-state index is 0.637. The van der Waals surface area contributed by atoms with Crippen LogP contribution in [0.3, 0.4) is 0 Å². The van der Waals surface area contributed by atoms with E-state index in [9.17, 15) is 0 Å². The van der Waals surface area contributed by atoms with E-state index in [0.29, 0.717) is 26.4 Å². The predicted octanol–water partition coefficient (Wildman–Crippen LogP) is 25.5. The normalized spacial score (nSPS) is 11.7. The second-order valence-electron chi connectivity index (χ2n) is 25.1. The summed E-state index contributed by atoms with van der Waals surface area (Å²) in [6.07, 6.45) is 18.1. The number of hydrogen-bond donors (Lipinski definition) is 0. The molecule has 4 heteroatoms. The number of benzene rings is 11. The fourth-order valence-electron chi connectivity index (χ4n) is 13.6. The Hall–Kier alpha value is -8.60. The summed E-state index contributed by atoms with van der Waals surface area (Å²) in [6, 6.07) is 73.6. The Morgan fingerprint density at radius 3 is 0.856 bits per heavy atom. The van der Waals surface area contributed by atoms with Crippen molar-refractivity contribution in [2.75, 3.05) is 26.4 Å². The quantitative estimate of drug-likeness (QED) is 0.0308. The van der Waals surface area contributed by atoms with Crippen molar-refractivity contribution in [1.82, 2.24) is 0 Å². The van der Waals surface area contributed by atoms with Crippen LogP contribution in [0.15, 0.2) is 194 Å². The summed E-state index contributed by atoms with van der Waals surface area (Å²) in [5.41, 5.74) is 7.08. The number of rotatable bonds is 26. The van der Waals surface area contributed by atoms with Crippen LogP contribution in [0.2, 0.25) is 0 Å². The third-order valence-electron chi connectivity index (χ3n) is 18.9. The summed E-state index contributed by atoms with van der Waals surface area (Å²) >= 11 is 0. The molecule has 0 atom stereocenters. The number of ether oxygens (including phenoxy) is 4. The van der Waals surface area contributed by atoms with Crippen molar-refractivity contribution in [3.05, 3.63) is 205 Å². The molecule has 0 unspecified atom stereocenters. The van der Waals surface area contributed by atoms with Crippen LogP contribution in [0.1, 0.15) is 142 Å². The highest BCUT2D eigenvalue weighted by Gasteiger charge is 2.22. The molecular weight excluding hydrogens is 1100 g/mol. The average molecular weight is 1190 g/mol. The van der Waals surface area contributed by atoms with Gasteiger partial charge in [0.1, 0.15) is 0 Å². The van der Waals surface area contributed by atoms with E-state index >= 15 is 0 Å². The molecule has 0 fully saturated rings. The maximum absolute atomic E-state index is 6.86. The van der Waals surface area contributed by atoms with Gasteiger partial charge in [0, 0.05) is 0 Å². The lowest BCUT2D eigenvalue weighted by molar-refractivity contribution is 0.259. The number of hydrogen-bond acceptors (Lipinski definition) is 4. The van der Waals surface area contributed by atoms with Crippen molar-refractivity contribution in [2.45, 2.75) is 144 Å². The predicted molar refractivity (Wildman–Crippen MR) is 389 cm³/mol. The van der Waals surface area contributed by atoms with Gasteiger partial charge in [-0.05, 0) is 206 Å². The van der Waals surface area contributed by atoms with Gasteiger partial charge in [0.2, 0.25) is 0 Å². The molecule has 0 N–H and O–H groups in total. The van der Waals surface area contributed by atoms with Crippen LogP contribution < -0.4 is 18.9 Å². The fourth-order valence-corrected chi connectivity index (χ4v) is 13.6. The second-order valence-corrected chi connectivity index (χ2v) is 25.1. The molecule has 0 aliphatic rings. The monoisotopic (exact) mass is 1190 g/mol. The fraction of sp³-hybridized carbons (Fsp3) is 0.302. The zero-order chi connectivity index (χ0) is 61.8. The molecule has 0 spiro atoms. The molecule has 0 radical (unpaired) electrons. The molecule has 0 aliphatic carbocycles. The molecule has 0 amide bonds. The van der Waals surface area contributed by atoms with Crippen LogP contribution in [0.5, 0.6) is 23.0 Å². The molecule has 18 aromatic carbocycles. The number of unbranched alkanes of at least 4 members (excludes halogenated alkanes) is 12. The molecule has 0 saturated carbocycles. The van der Waals surface area contributed by atoms with Crippen molar-refractivity contribution in [3.8, 4) is 45.3 Å². The Kier molecular flexibility index (Phi) is 20.1. The first-order valence-electron chi connectivity index (χ1n) is 34.1. The van der Waals surface area contributed by atoms with Gasteiger partial charge in [-0.3, -0.25) is 0 Å². The molecule has 0 aromatic heterocycles. The van der Waals surface area contributed by atoms with Crippen LogP contribution >= 0.6 is 0 Å². The first-order chi connectivity index (χ1) is 44.3. The highest BCUT2D eigenvalue weighted by atomic mass is 16.5. The van der Waals surface area contributed by atoms with Crippen LogP contribution in [0.4, 0.5) is 0 Å². The summed E-state index contributed by atoms with van der Waals surface area (Å²) in [4.78, 5) is 0. The molecule has 10 bridgehead atoms. The summed E-state index contributed by atoms with van der Waals surface area (Å²) in [5, 5.41) is 21.4. The Morgan fingerprint density at radius 2 is 0.522 bits per heavy atom. The number of aryl methyl sites for hydroxylation is 2. The van der Waals surface area contributed by atoms with Crippen molar-refractivity contribution >= 4 is 97.0 Å². The van der Waals surface area contributed by atoms with E-state index in [1.807, 2.05) is 0 Å².